The highest BCUT2D eigenvalue weighted by Gasteiger charge is 2.09. The lowest BCUT2D eigenvalue weighted by Gasteiger charge is -2.21. The Morgan fingerprint density at radius 1 is 0.903 bits per heavy atom. The number of ether oxygens (including phenoxy) is 1. The Morgan fingerprint density at radius 3 is 2.06 bits per heavy atom. The van der Waals surface area contributed by atoms with Crippen LogP contribution in [-0.4, -0.2) is 53.3 Å². The zero-order valence-electron chi connectivity index (χ0n) is 18.2. The topological polar surface area (TPSA) is 87.1 Å². The second-order valence-corrected chi connectivity index (χ2v) is 7.95. The van der Waals surface area contributed by atoms with E-state index in [0.717, 1.165) is 29.6 Å². The number of hydrogen-bond acceptors (Lipinski definition) is 4. The molecule has 0 saturated carbocycles. The van der Waals surface area contributed by atoms with Crippen LogP contribution in [0.15, 0.2) is 53.0 Å². The monoisotopic (exact) mass is 493 g/mol. The third-order valence-electron chi connectivity index (χ3n) is 4.47. The summed E-state index contributed by atoms with van der Waals surface area (Å²) in [6.07, 6.45) is 4.38. The lowest BCUT2D eigenvalue weighted by Crippen LogP contribution is -2.27. The van der Waals surface area contributed by atoms with Gasteiger partial charge in [-0.15, -0.1) is 0 Å². The molecule has 170 valence electrons. The van der Waals surface area contributed by atoms with Crippen molar-refractivity contribution in [3.05, 3.63) is 64.1 Å². The number of carboxylic acids is 2. The number of halogens is 1. The molecular weight excluding hydrogens is 462 g/mol. The van der Waals surface area contributed by atoms with Gasteiger partial charge in [0.05, 0.1) is 6.61 Å². The zero-order valence-corrected chi connectivity index (χ0v) is 19.8. The van der Waals surface area contributed by atoms with Crippen molar-refractivity contribution in [2.75, 3.05) is 26.2 Å². The van der Waals surface area contributed by atoms with Gasteiger partial charge in [0.1, 0.15) is 5.75 Å². The van der Waals surface area contributed by atoms with Crippen LogP contribution in [0.4, 0.5) is 0 Å². The first-order valence-electron chi connectivity index (χ1n) is 10.5. The fourth-order valence-corrected chi connectivity index (χ4v) is 3.46. The molecular formula is C24H32BrNO5. The molecule has 0 aliphatic carbocycles. The molecule has 0 unspecified atom stereocenters. The molecule has 0 aromatic heterocycles. The molecule has 6 nitrogen and oxygen atoms in total. The minimum atomic E-state index is -1.82. The first-order valence-corrected chi connectivity index (χ1v) is 11.3. The summed E-state index contributed by atoms with van der Waals surface area (Å²) in [5.74, 6) is -2.63. The molecule has 0 fully saturated rings. The van der Waals surface area contributed by atoms with E-state index in [2.05, 4.69) is 83.2 Å². The van der Waals surface area contributed by atoms with E-state index < -0.39 is 11.9 Å². The summed E-state index contributed by atoms with van der Waals surface area (Å²) in [4.78, 5) is 20.7. The molecule has 0 amide bonds. The molecule has 2 rings (SSSR count). The summed E-state index contributed by atoms with van der Waals surface area (Å²) < 4.78 is 7.23. The fourth-order valence-electron chi connectivity index (χ4n) is 3.05. The van der Waals surface area contributed by atoms with Crippen LogP contribution in [0.3, 0.4) is 0 Å². The molecule has 2 N–H and O–H groups in total. The first-order chi connectivity index (χ1) is 14.9. The average Bonchev–Trinajstić information content (AvgIpc) is 2.75. The van der Waals surface area contributed by atoms with Gasteiger partial charge < -0.3 is 19.8 Å². The van der Waals surface area contributed by atoms with E-state index in [-0.39, 0.29) is 0 Å². The van der Waals surface area contributed by atoms with E-state index in [1.54, 1.807) is 0 Å². The lowest BCUT2D eigenvalue weighted by molar-refractivity contribution is -0.159. The van der Waals surface area contributed by atoms with Crippen LogP contribution in [0.1, 0.15) is 37.8 Å². The molecule has 2 aromatic rings. The highest BCUT2D eigenvalue weighted by molar-refractivity contribution is 9.10. The maximum absolute atomic E-state index is 9.10. The average molecular weight is 494 g/mol. The van der Waals surface area contributed by atoms with Crippen LogP contribution >= 0.6 is 15.9 Å². The number of aliphatic carboxylic acids is 2. The lowest BCUT2D eigenvalue weighted by atomic mass is 10.1. The summed E-state index contributed by atoms with van der Waals surface area (Å²) in [6.45, 7) is 8.65. The maximum atomic E-state index is 9.10. The molecule has 0 bridgehead atoms. The van der Waals surface area contributed by atoms with E-state index in [1.807, 2.05) is 0 Å². The summed E-state index contributed by atoms with van der Waals surface area (Å²) >= 11 is 3.60. The first kappa shape index (κ1) is 26.7. The fraction of sp³-hybridized carbons (Fsp3) is 0.417. The predicted molar refractivity (Wildman–Crippen MR) is 126 cm³/mol. The van der Waals surface area contributed by atoms with Crippen molar-refractivity contribution in [1.29, 1.82) is 0 Å². The van der Waals surface area contributed by atoms with Gasteiger partial charge >= 0.3 is 11.9 Å². The summed E-state index contributed by atoms with van der Waals surface area (Å²) in [5, 5.41) is 14.8. The molecule has 0 heterocycles. The van der Waals surface area contributed by atoms with Crippen LogP contribution in [0.25, 0.3) is 0 Å². The van der Waals surface area contributed by atoms with Crippen molar-refractivity contribution in [2.45, 2.75) is 39.5 Å². The van der Waals surface area contributed by atoms with Crippen molar-refractivity contribution >= 4 is 27.9 Å². The van der Waals surface area contributed by atoms with Gasteiger partial charge in [-0.3, -0.25) is 0 Å². The Labute approximate surface area is 193 Å². The van der Waals surface area contributed by atoms with E-state index >= 15 is 0 Å². The molecule has 0 atom stereocenters. The van der Waals surface area contributed by atoms with Gasteiger partial charge in [0.2, 0.25) is 0 Å². The van der Waals surface area contributed by atoms with Crippen LogP contribution in [0.2, 0.25) is 0 Å². The van der Waals surface area contributed by atoms with Gasteiger partial charge in [-0.1, -0.05) is 60.1 Å². The number of benzene rings is 2. The highest BCUT2D eigenvalue weighted by atomic mass is 79.9. The maximum Gasteiger partial charge on any atom is 0.414 e. The number of carboxylic acid groups (broad SMARTS) is 2. The Kier molecular flexibility index (Phi) is 13.3. The normalized spacial score (nSPS) is 10.3. The molecule has 0 spiro atoms. The molecule has 0 radical (unpaired) electrons. The third kappa shape index (κ3) is 11.5. The minimum Gasteiger partial charge on any atom is -0.493 e. The summed E-state index contributed by atoms with van der Waals surface area (Å²) in [6, 6.07) is 16.9. The van der Waals surface area contributed by atoms with Crippen LogP contribution in [0.5, 0.6) is 5.75 Å². The number of hydrogen-bond donors (Lipinski definition) is 2. The SMILES string of the molecule is CCCN(CCC)CCc1cc(Br)ccc1OCCc1ccccc1.O=C(O)C(=O)O. The smallest absolute Gasteiger partial charge is 0.414 e. The Balaban J connectivity index is 0.000000703. The van der Waals surface area contributed by atoms with E-state index in [0.29, 0.717) is 6.61 Å². The van der Waals surface area contributed by atoms with Gasteiger partial charge in [0, 0.05) is 17.4 Å². The summed E-state index contributed by atoms with van der Waals surface area (Å²) in [7, 11) is 0. The largest absolute Gasteiger partial charge is 0.493 e. The van der Waals surface area contributed by atoms with Crippen LogP contribution in [0, 0.1) is 0 Å². The second kappa shape index (κ2) is 15.4. The van der Waals surface area contributed by atoms with Crippen molar-refractivity contribution in [2.24, 2.45) is 0 Å². The van der Waals surface area contributed by atoms with E-state index in [4.69, 9.17) is 24.5 Å². The molecule has 7 heteroatoms. The quantitative estimate of drug-likeness (QED) is 0.433. The van der Waals surface area contributed by atoms with Gasteiger partial charge in [-0.05, 0) is 61.7 Å². The molecule has 31 heavy (non-hydrogen) atoms. The van der Waals surface area contributed by atoms with E-state index in [9.17, 15) is 0 Å². The van der Waals surface area contributed by atoms with Crippen molar-refractivity contribution in [3.63, 3.8) is 0 Å². The number of carbonyl (C=O) groups is 2. The molecule has 0 aliphatic heterocycles. The molecule has 2 aromatic carbocycles. The van der Waals surface area contributed by atoms with Crippen molar-refractivity contribution < 1.29 is 24.5 Å². The second-order valence-electron chi connectivity index (χ2n) is 7.04. The predicted octanol–water partition coefficient (Wildman–Crippen LogP) is 4.89. The standard InChI is InChI=1S/C22H30BrNO.C2H2O4/c1-3-14-24(15-4-2)16-12-20-18-21(23)10-11-22(20)25-17-13-19-8-6-5-7-9-19;3-1(4)2(5)6/h5-11,18H,3-4,12-17H2,1-2H3;(H,3,4)(H,5,6). The minimum absolute atomic E-state index is 0.715. The van der Waals surface area contributed by atoms with Crippen molar-refractivity contribution in [1.82, 2.24) is 4.90 Å². The van der Waals surface area contributed by atoms with Crippen LogP contribution in [-0.2, 0) is 22.4 Å². The van der Waals surface area contributed by atoms with Gasteiger partial charge in [-0.2, -0.15) is 0 Å². The van der Waals surface area contributed by atoms with Gasteiger partial charge in [0.25, 0.3) is 0 Å². The molecule has 0 saturated heterocycles. The van der Waals surface area contributed by atoms with Crippen molar-refractivity contribution in [3.8, 4) is 5.75 Å². The van der Waals surface area contributed by atoms with E-state index in [1.165, 1.54) is 37.1 Å². The molecule has 0 aliphatic rings. The number of nitrogens with zero attached hydrogens (tertiary/aromatic N) is 1. The Bertz CT molecular complexity index is 780. The Hall–Kier alpha value is -2.38. The number of rotatable bonds is 11. The van der Waals surface area contributed by atoms with Gasteiger partial charge in [-0.25, -0.2) is 9.59 Å². The summed E-state index contributed by atoms with van der Waals surface area (Å²) in [5.41, 5.74) is 2.61. The van der Waals surface area contributed by atoms with Gasteiger partial charge in [0.15, 0.2) is 0 Å². The Morgan fingerprint density at radius 2 is 1.52 bits per heavy atom. The van der Waals surface area contributed by atoms with Crippen LogP contribution < -0.4 is 4.74 Å². The highest BCUT2D eigenvalue weighted by Crippen LogP contribution is 2.24. The third-order valence-corrected chi connectivity index (χ3v) is 4.97. The zero-order chi connectivity index (χ0) is 23.1.